The normalized spacial score (nSPS) is 11.4. The average Bonchev–Trinajstić information content (AvgIpc) is 2.64. The smallest absolute Gasteiger partial charge is 0.352 e. The number of benzene rings is 1. The molecule has 0 saturated carbocycles. The fraction of sp³-hybridized carbons (Fsp3) is 0.650. The zero-order chi connectivity index (χ0) is 21.0. The summed E-state index contributed by atoms with van der Waals surface area (Å²) in [6.07, 6.45) is 6.61. The Bertz CT molecular complexity index is 634. The van der Waals surface area contributed by atoms with E-state index in [1.807, 2.05) is 0 Å². The molecule has 28 heavy (non-hydrogen) atoms. The van der Waals surface area contributed by atoms with Crippen molar-refractivity contribution in [2.24, 2.45) is 0 Å². The molecule has 0 aliphatic heterocycles. The molecule has 1 aromatic rings. The first kappa shape index (κ1) is 23.9. The van der Waals surface area contributed by atoms with Gasteiger partial charge in [0.15, 0.2) is 0 Å². The minimum absolute atomic E-state index is 0.333. The molecule has 1 N–H and O–H groups in total. The van der Waals surface area contributed by atoms with Crippen LogP contribution in [-0.2, 0) is 6.18 Å². The Hall–Kier alpha value is -2.12. The first-order chi connectivity index (χ1) is 13.3. The number of carbonyl (C=O) groups is 1. The van der Waals surface area contributed by atoms with Crippen LogP contribution in [0.2, 0.25) is 0 Å². The van der Waals surface area contributed by atoms with E-state index in [1.165, 1.54) is 38.5 Å². The van der Waals surface area contributed by atoms with Crippen molar-refractivity contribution in [2.75, 3.05) is 6.54 Å². The lowest BCUT2D eigenvalue weighted by molar-refractivity contribution is -0.385. The summed E-state index contributed by atoms with van der Waals surface area (Å²) in [4.78, 5) is 21.9. The van der Waals surface area contributed by atoms with E-state index < -0.39 is 28.3 Å². The molecular formula is C20H29F3N2O3. The predicted octanol–water partition coefficient (Wildman–Crippen LogP) is 6.26. The predicted molar refractivity (Wildman–Crippen MR) is 102 cm³/mol. The van der Waals surface area contributed by atoms with Crippen LogP contribution in [0.1, 0.15) is 87.1 Å². The van der Waals surface area contributed by atoms with Crippen molar-refractivity contribution in [1.82, 2.24) is 5.32 Å². The quantitative estimate of drug-likeness (QED) is 0.240. The van der Waals surface area contributed by atoms with Crippen LogP contribution in [0.15, 0.2) is 18.2 Å². The Morgan fingerprint density at radius 3 is 2.00 bits per heavy atom. The monoisotopic (exact) mass is 402 g/mol. The summed E-state index contributed by atoms with van der Waals surface area (Å²) in [5, 5.41) is 13.4. The molecule has 1 aromatic carbocycles. The van der Waals surface area contributed by atoms with Crippen molar-refractivity contribution in [3.8, 4) is 0 Å². The largest absolute Gasteiger partial charge is 0.416 e. The molecule has 158 valence electrons. The van der Waals surface area contributed by atoms with Crippen LogP contribution in [0.25, 0.3) is 0 Å². The van der Waals surface area contributed by atoms with Crippen molar-refractivity contribution in [2.45, 2.75) is 77.3 Å². The molecule has 5 nitrogen and oxygen atoms in total. The van der Waals surface area contributed by atoms with E-state index in [0.29, 0.717) is 18.7 Å². The van der Waals surface area contributed by atoms with Gasteiger partial charge < -0.3 is 5.32 Å². The van der Waals surface area contributed by atoms with Crippen LogP contribution in [-0.4, -0.2) is 17.4 Å². The lowest BCUT2D eigenvalue weighted by Gasteiger charge is -2.10. The second-order valence-corrected chi connectivity index (χ2v) is 6.96. The number of hydrogen-bond donors (Lipinski definition) is 1. The van der Waals surface area contributed by atoms with Gasteiger partial charge in [0, 0.05) is 24.2 Å². The highest BCUT2D eigenvalue weighted by atomic mass is 19.4. The van der Waals surface area contributed by atoms with Crippen LogP contribution < -0.4 is 5.32 Å². The molecule has 0 aromatic heterocycles. The van der Waals surface area contributed by atoms with Gasteiger partial charge in [-0.3, -0.25) is 14.9 Å². The zero-order valence-electron chi connectivity index (χ0n) is 16.3. The van der Waals surface area contributed by atoms with E-state index in [2.05, 4.69) is 12.2 Å². The molecular weight excluding hydrogens is 373 g/mol. The number of alkyl halides is 3. The van der Waals surface area contributed by atoms with Crippen LogP contribution in [0, 0.1) is 10.1 Å². The van der Waals surface area contributed by atoms with Crippen LogP contribution in [0.4, 0.5) is 18.9 Å². The third-order valence-corrected chi connectivity index (χ3v) is 4.53. The van der Waals surface area contributed by atoms with Crippen LogP contribution >= 0.6 is 0 Å². The van der Waals surface area contributed by atoms with Gasteiger partial charge in [-0.05, 0) is 12.5 Å². The lowest BCUT2D eigenvalue weighted by Crippen LogP contribution is -2.25. The van der Waals surface area contributed by atoms with Crippen LogP contribution in [0.3, 0.4) is 0 Å². The van der Waals surface area contributed by atoms with Crippen molar-refractivity contribution in [3.05, 3.63) is 39.4 Å². The van der Waals surface area contributed by atoms with E-state index in [9.17, 15) is 28.1 Å². The van der Waals surface area contributed by atoms with E-state index in [-0.39, 0.29) is 5.56 Å². The first-order valence-corrected chi connectivity index (χ1v) is 9.90. The summed E-state index contributed by atoms with van der Waals surface area (Å²) in [5.74, 6) is -0.731. The van der Waals surface area contributed by atoms with Gasteiger partial charge in [-0.25, -0.2) is 0 Å². The standard InChI is InChI=1S/C20H29F3N2O3/c1-2-3-4-5-6-7-8-9-10-11-12-24-19(26)16-13-17(20(21,22)23)15-18(14-16)25(27)28/h13-15H,2-12H2,1H3,(H,24,26). The topological polar surface area (TPSA) is 72.2 Å². The molecule has 0 atom stereocenters. The minimum atomic E-state index is -4.75. The second-order valence-electron chi connectivity index (χ2n) is 6.96. The number of rotatable bonds is 13. The number of amides is 1. The fourth-order valence-electron chi connectivity index (χ4n) is 2.93. The Morgan fingerprint density at radius 1 is 0.964 bits per heavy atom. The van der Waals surface area contributed by atoms with Crippen molar-refractivity contribution in [3.63, 3.8) is 0 Å². The van der Waals surface area contributed by atoms with E-state index in [0.717, 1.165) is 31.7 Å². The number of non-ortho nitro benzene ring substituents is 1. The summed E-state index contributed by atoms with van der Waals surface area (Å²) in [6, 6.07) is 1.93. The number of nitrogens with one attached hydrogen (secondary N) is 1. The highest BCUT2D eigenvalue weighted by Gasteiger charge is 2.33. The maximum atomic E-state index is 12.9. The van der Waals surface area contributed by atoms with E-state index in [1.54, 1.807) is 0 Å². The minimum Gasteiger partial charge on any atom is -0.352 e. The maximum absolute atomic E-state index is 12.9. The van der Waals surface area contributed by atoms with Crippen molar-refractivity contribution in [1.29, 1.82) is 0 Å². The number of hydrogen-bond acceptors (Lipinski definition) is 3. The molecule has 0 heterocycles. The number of nitro groups is 1. The zero-order valence-corrected chi connectivity index (χ0v) is 16.3. The maximum Gasteiger partial charge on any atom is 0.416 e. The molecule has 0 aliphatic rings. The van der Waals surface area contributed by atoms with E-state index >= 15 is 0 Å². The summed E-state index contributed by atoms with van der Waals surface area (Å²) in [5.41, 5.74) is -2.31. The highest BCUT2D eigenvalue weighted by molar-refractivity contribution is 5.95. The molecule has 0 saturated heterocycles. The van der Waals surface area contributed by atoms with Gasteiger partial charge in [0.2, 0.25) is 0 Å². The Labute approximate surface area is 163 Å². The molecule has 0 fully saturated rings. The molecule has 8 heteroatoms. The van der Waals surface area contributed by atoms with Crippen LogP contribution in [0.5, 0.6) is 0 Å². The Balaban J connectivity index is 2.35. The van der Waals surface area contributed by atoms with Crippen molar-refractivity contribution < 1.29 is 22.9 Å². The molecule has 0 radical (unpaired) electrons. The van der Waals surface area contributed by atoms with Gasteiger partial charge in [0.1, 0.15) is 0 Å². The Morgan fingerprint density at radius 2 is 1.50 bits per heavy atom. The summed E-state index contributed by atoms with van der Waals surface area (Å²) in [7, 11) is 0. The van der Waals surface area contributed by atoms with Gasteiger partial charge in [0.05, 0.1) is 10.5 Å². The number of halogens is 3. The third-order valence-electron chi connectivity index (χ3n) is 4.53. The number of nitrogens with zero attached hydrogens (tertiary/aromatic N) is 1. The average molecular weight is 402 g/mol. The second kappa shape index (κ2) is 12.4. The summed E-state index contributed by atoms with van der Waals surface area (Å²) in [6.45, 7) is 2.52. The van der Waals surface area contributed by atoms with Gasteiger partial charge in [-0.1, -0.05) is 64.7 Å². The number of nitro benzene ring substituents is 1. The van der Waals surface area contributed by atoms with Crippen molar-refractivity contribution >= 4 is 11.6 Å². The van der Waals surface area contributed by atoms with Gasteiger partial charge in [0.25, 0.3) is 11.6 Å². The third kappa shape index (κ3) is 9.19. The van der Waals surface area contributed by atoms with Gasteiger partial charge >= 0.3 is 6.18 Å². The first-order valence-electron chi connectivity index (χ1n) is 9.90. The molecule has 1 rings (SSSR count). The Kier molecular flexibility index (Phi) is 10.6. The number of unbranched alkanes of at least 4 members (excludes halogenated alkanes) is 9. The highest BCUT2D eigenvalue weighted by Crippen LogP contribution is 2.32. The van der Waals surface area contributed by atoms with E-state index in [4.69, 9.17) is 0 Å². The number of carbonyl (C=O) groups excluding carboxylic acids is 1. The molecule has 0 spiro atoms. The molecule has 0 aliphatic carbocycles. The molecule has 1 amide bonds. The molecule has 0 unspecified atom stereocenters. The fourth-order valence-corrected chi connectivity index (χ4v) is 2.93. The molecule has 0 bridgehead atoms. The summed E-state index contributed by atoms with van der Waals surface area (Å²) >= 11 is 0. The van der Waals surface area contributed by atoms with Gasteiger partial charge in [-0.15, -0.1) is 0 Å². The lowest BCUT2D eigenvalue weighted by atomic mass is 10.1. The van der Waals surface area contributed by atoms with Gasteiger partial charge in [-0.2, -0.15) is 13.2 Å². The summed E-state index contributed by atoms with van der Waals surface area (Å²) < 4.78 is 38.6. The SMILES string of the molecule is CCCCCCCCCCCCNC(=O)c1cc([N+](=O)[O-])cc(C(F)(F)F)c1.